The summed E-state index contributed by atoms with van der Waals surface area (Å²) in [5, 5.41) is 2.97. The molecule has 1 N–H and O–H groups in total. The summed E-state index contributed by atoms with van der Waals surface area (Å²) in [5.74, 6) is 1.28. The Hall–Kier alpha value is -2.86. The Bertz CT molecular complexity index is 1000. The minimum absolute atomic E-state index is 0.215. The molecule has 208 valence electrons. The molecule has 0 aromatic heterocycles. The van der Waals surface area contributed by atoms with Crippen molar-refractivity contribution < 1.29 is 19.1 Å². The number of esters is 1. The second kappa shape index (κ2) is 14.9. The van der Waals surface area contributed by atoms with Crippen molar-refractivity contribution in [1.29, 1.82) is 0 Å². The second-order valence-corrected chi connectivity index (χ2v) is 11.1. The molecule has 2 aromatic carbocycles. The number of amides is 1. The molecule has 1 amide bonds. The van der Waals surface area contributed by atoms with E-state index in [4.69, 9.17) is 9.47 Å². The summed E-state index contributed by atoms with van der Waals surface area (Å²) in [6.45, 7) is 6.16. The number of rotatable bonds is 13. The van der Waals surface area contributed by atoms with Gasteiger partial charge in [0, 0.05) is 13.1 Å². The molecule has 0 spiro atoms. The Balaban J connectivity index is 1.58. The summed E-state index contributed by atoms with van der Waals surface area (Å²) in [5.41, 5.74) is 1.89. The Morgan fingerprint density at radius 2 is 1.71 bits per heavy atom. The predicted molar refractivity (Wildman–Crippen MR) is 152 cm³/mol. The lowest BCUT2D eigenvalue weighted by atomic mass is 9.71. The van der Waals surface area contributed by atoms with Crippen LogP contribution in [0.4, 0.5) is 4.79 Å². The van der Waals surface area contributed by atoms with Crippen molar-refractivity contribution in [1.82, 2.24) is 10.2 Å². The van der Waals surface area contributed by atoms with Crippen molar-refractivity contribution in [3.05, 3.63) is 65.7 Å². The van der Waals surface area contributed by atoms with E-state index in [1.165, 1.54) is 5.56 Å². The normalized spacial score (nSPS) is 16.4. The van der Waals surface area contributed by atoms with E-state index in [1.54, 1.807) is 0 Å². The molecule has 3 rings (SSSR count). The zero-order chi connectivity index (χ0) is 27.4. The minimum Gasteiger partial charge on any atom is -0.461 e. The van der Waals surface area contributed by atoms with Gasteiger partial charge in [-0.1, -0.05) is 82.0 Å². The van der Waals surface area contributed by atoms with Crippen molar-refractivity contribution in [2.45, 2.75) is 77.7 Å². The van der Waals surface area contributed by atoms with E-state index in [2.05, 4.69) is 44.2 Å². The number of nitrogens with one attached hydrogen (secondary N) is 1. The van der Waals surface area contributed by atoms with Crippen LogP contribution in [0.15, 0.2) is 54.6 Å². The second-order valence-electron chi connectivity index (χ2n) is 11.1. The van der Waals surface area contributed by atoms with Crippen LogP contribution >= 0.6 is 0 Å². The van der Waals surface area contributed by atoms with Gasteiger partial charge in [-0.3, -0.25) is 4.79 Å². The standard InChI is InChI=1S/C32H46N2O4/c1-5-26(22-34(3)4)29(6-2)27-16-13-17-28(20-27)38-31(36)33-24-32(18-11-8-12-19-32)21-30(35)37-23-25-14-9-7-10-15-25/h7,9-10,13-17,20,26,29H,5-6,8,11-12,18-19,21-24H2,1-4H3,(H,33,36)/t26-,29-/m0/s1. The third-order valence-electron chi connectivity index (χ3n) is 7.91. The molecule has 0 heterocycles. The zero-order valence-electron chi connectivity index (χ0n) is 23.7. The van der Waals surface area contributed by atoms with Crippen LogP contribution in [0.3, 0.4) is 0 Å². The number of hydrogen-bond acceptors (Lipinski definition) is 5. The molecule has 0 aliphatic heterocycles. The molecule has 0 bridgehead atoms. The molecule has 1 aliphatic rings. The maximum atomic E-state index is 12.8. The van der Waals surface area contributed by atoms with Gasteiger partial charge >= 0.3 is 12.1 Å². The van der Waals surface area contributed by atoms with Gasteiger partial charge in [0.1, 0.15) is 12.4 Å². The summed E-state index contributed by atoms with van der Waals surface area (Å²) in [6.07, 6.45) is 7.00. The Morgan fingerprint density at radius 3 is 2.37 bits per heavy atom. The fraction of sp³-hybridized carbons (Fsp3) is 0.562. The number of benzene rings is 2. The summed E-state index contributed by atoms with van der Waals surface area (Å²) < 4.78 is 11.3. The first-order chi connectivity index (χ1) is 18.3. The molecule has 2 aromatic rings. The average Bonchev–Trinajstić information content (AvgIpc) is 2.92. The zero-order valence-corrected chi connectivity index (χ0v) is 23.7. The van der Waals surface area contributed by atoms with Gasteiger partial charge in [0.2, 0.25) is 0 Å². The summed E-state index contributed by atoms with van der Waals surface area (Å²) in [7, 11) is 4.22. The smallest absolute Gasteiger partial charge is 0.412 e. The lowest BCUT2D eigenvalue weighted by molar-refractivity contribution is -0.148. The maximum absolute atomic E-state index is 12.8. The molecule has 6 nitrogen and oxygen atoms in total. The maximum Gasteiger partial charge on any atom is 0.412 e. The van der Waals surface area contributed by atoms with Crippen molar-refractivity contribution in [2.75, 3.05) is 27.2 Å². The molecule has 0 radical (unpaired) electrons. The summed E-state index contributed by atoms with van der Waals surface area (Å²) >= 11 is 0. The van der Waals surface area contributed by atoms with E-state index < -0.39 is 6.09 Å². The molecule has 0 saturated heterocycles. The number of carbonyl (C=O) groups excluding carboxylic acids is 2. The van der Waals surface area contributed by atoms with Crippen LogP contribution in [0.1, 0.15) is 82.3 Å². The van der Waals surface area contributed by atoms with E-state index >= 15 is 0 Å². The van der Waals surface area contributed by atoms with Crippen molar-refractivity contribution in [3.63, 3.8) is 0 Å². The minimum atomic E-state index is -0.474. The molecule has 1 fully saturated rings. The largest absolute Gasteiger partial charge is 0.461 e. The Morgan fingerprint density at radius 1 is 0.974 bits per heavy atom. The fourth-order valence-electron chi connectivity index (χ4n) is 5.88. The highest BCUT2D eigenvalue weighted by Gasteiger charge is 2.35. The molecule has 38 heavy (non-hydrogen) atoms. The molecular formula is C32H46N2O4. The van der Waals surface area contributed by atoms with Gasteiger partial charge in [0.05, 0.1) is 6.42 Å². The third kappa shape index (κ3) is 9.16. The van der Waals surface area contributed by atoms with Crippen LogP contribution in [-0.4, -0.2) is 44.1 Å². The summed E-state index contributed by atoms with van der Waals surface area (Å²) in [4.78, 5) is 27.8. The van der Waals surface area contributed by atoms with E-state index in [1.807, 2.05) is 48.5 Å². The molecule has 1 aliphatic carbocycles. The molecule has 6 heteroatoms. The van der Waals surface area contributed by atoms with Gasteiger partial charge in [-0.15, -0.1) is 0 Å². The molecule has 2 atom stereocenters. The fourth-order valence-corrected chi connectivity index (χ4v) is 5.88. The van der Waals surface area contributed by atoms with Gasteiger partial charge in [-0.05, 0) is 73.9 Å². The van der Waals surface area contributed by atoms with Crippen LogP contribution in [-0.2, 0) is 16.1 Å². The number of ether oxygens (including phenoxy) is 2. The lowest BCUT2D eigenvalue weighted by Gasteiger charge is -2.36. The Labute approximate surface area is 229 Å². The lowest BCUT2D eigenvalue weighted by Crippen LogP contribution is -2.41. The van der Waals surface area contributed by atoms with Gasteiger partial charge < -0.3 is 19.7 Å². The van der Waals surface area contributed by atoms with Crippen molar-refractivity contribution in [2.24, 2.45) is 11.3 Å². The summed E-state index contributed by atoms with van der Waals surface area (Å²) in [6, 6.07) is 17.6. The highest BCUT2D eigenvalue weighted by atomic mass is 16.6. The Kier molecular flexibility index (Phi) is 11.7. The van der Waals surface area contributed by atoms with Crippen LogP contribution in [0.25, 0.3) is 0 Å². The van der Waals surface area contributed by atoms with Gasteiger partial charge in [-0.25, -0.2) is 4.79 Å². The highest BCUT2D eigenvalue weighted by Crippen LogP contribution is 2.39. The SMILES string of the molecule is CC[C@@H](CN(C)C)[C@H](CC)c1cccc(OC(=O)NCC2(CC(=O)OCc3ccccc3)CCCCC2)c1. The molecular weight excluding hydrogens is 476 g/mol. The number of carbonyl (C=O) groups is 2. The van der Waals surface area contributed by atoms with Gasteiger partial charge in [0.15, 0.2) is 0 Å². The first kappa shape index (κ1) is 29.7. The quantitative estimate of drug-likeness (QED) is 0.289. The van der Waals surface area contributed by atoms with Crippen LogP contribution in [0.2, 0.25) is 0 Å². The van der Waals surface area contributed by atoms with Crippen molar-refractivity contribution in [3.8, 4) is 5.75 Å². The van der Waals surface area contributed by atoms with Crippen molar-refractivity contribution >= 4 is 12.1 Å². The number of hydrogen-bond donors (Lipinski definition) is 1. The number of nitrogens with zero attached hydrogens (tertiary/aromatic N) is 1. The first-order valence-corrected chi connectivity index (χ1v) is 14.2. The monoisotopic (exact) mass is 522 g/mol. The van der Waals surface area contributed by atoms with Gasteiger partial charge in [-0.2, -0.15) is 0 Å². The van der Waals surface area contributed by atoms with Crippen LogP contribution in [0, 0.1) is 11.3 Å². The first-order valence-electron chi connectivity index (χ1n) is 14.2. The van der Waals surface area contributed by atoms with Gasteiger partial charge in [0.25, 0.3) is 0 Å². The van der Waals surface area contributed by atoms with Crippen LogP contribution in [0.5, 0.6) is 5.75 Å². The molecule has 1 saturated carbocycles. The van der Waals surface area contributed by atoms with E-state index in [9.17, 15) is 9.59 Å². The highest BCUT2D eigenvalue weighted by molar-refractivity contribution is 5.72. The molecule has 0 unspecified atom stereocenters. The topological polar surface area (TPSA) is 67.9 Å². The van der Waals surface area contributed by atoms with E-state index in [0.717, 1.165) is 57.1 Å². The van der Waals surface area contributed by atoms with Crippen LogP contribution < -0.4 is 10.1 Å². The third-order valence-corrected chi connectivity index (χ3v) is 7.91. The van der Waals surface area contributed by atoms with E-state index in [0.29, 0.717) is 30.6 Å². The average molecular weight is 523 g/mol. The predicted octanol–water partition coefficient (Wildman–Crippen LogP) is 6.94. The van der Waals surface area contributed by atoms with E-state index in [-0.39, 0.29) is 18.0 Å².